The summed E-state index contributed by atoms with van der Waals surface area (Å²) >= 11 is 0. The highest BCUT2D eigenvalue weighted by Gasteiger charge is 2.25. The lowest BCUT2D eigenvalue weighted by Crippen LogP contribution is -2.25. The molecule has 1 unspecified atom stereocenters. The van der Waals surface area contributed by atoms with Gasteiger partial charge in [0.1, 0.15) is 23.7 Å². The van der Waals surface area contributed by atoms with Gasteiger partial charge in [0.05, 0.1) is 14.2 Å². The van der Waals surface area contributed by atoms with Crippen LogP contribution in [-0.2, 0) is 11.3 Å². The Kier molecular flexibility index (Phi) is 7.15. The molecule has 3 aromatic carbocycles. The predicted molar refractivity (Wildman–Crippen MR) is 134 cm³/mol. The smallest absolute Gasteiger partial charge is 0.329 e. The molecule has 0 fully saturated rings. The molecule has 36 heavy (non-hydrogen) atoms. The molecule has 3 N–H and O–H groups in total. The molecule has 10 heteroatoms. The van der Waals surface area contributed by atoms with Crippen molar-refractivity contribution < 1.29 is 19.4 Å². The van der Waals surface area contributed by atoms with Crippen LogP contribution in [0.3, 0.4) is 0 Å². The summed E-state index contributed by atoms with van der Waals surface area (Å²) in [6.07, 6.45) is 0. The first-order valence-corrected chi connectivity index (χ1v) is 11.0. The molecule has 0 saturated heterocycles. The molecule has 1 aromatic heterocycles. The van der Waals surface area contributed by atoms with E-state index >= 15 is 0 Å². The fraction of sp³-hybridized carbons (Fsp3) is 0.154. The highest BCUT2D eigenvalue weighted by molar-refractivity contribution is 5.90. The van der Waals surface area contributed by atoms with Crippen LogP contribution < -0.4 is 20.5 Å². The van der Waals surface area contributed by atoms with Crippen LogP contribution in [0, 0.1) is 4.91 Å². The summed E-state index contributed by atoms with van der Waals surface area (Å²) in [5.41, 5.74) is 1.74. The number of benzene rings is 3. The number of rotatable bonds is 9. The highest BCUT2D eigenvalue weighted by Crippen LogP contribution is 2.33. The van der Waals surface area contributed by atoms with Gasteiger partial charge < -0.3 is 24.9 Å². The van der Waals surface area contributed by atoms with E-state index in [1.54, 1.807) is 49.6 Å². The molecule has 0 bridgehead atoms. The Hall–Kier alpha value is -4.86. The summed E-state index contributed by atoms with van der Waals surface area (Å²) in [5.74, 6) is 0.218. The van der Waals surface area contributed by atoms with E-state index < -0.39 is 30.1 Å². The van der Waals surface area contributed by atoms with Crippen molar-refractivity contribution in [3.63, 3.8) is 0 Å². The topological polar surface area (TPSA) is 135 Å². The molecule has 4 rings (SSSR count). The summed E-state index contributed by atoms with van der Waals surface area (Å²) < 4.78 is 11.2. The Morgan fingerprint density at radius 3 is 2.33 bits per heavy atom. The molecule has 0 spiro atoms. The van der Waals surface area contributed by atoms with Crippen molar-refractivity contribution in [1.82, 2.24) is 9.55 Å². The van der Waals surface area contributed by atoms with Crippen LogP contribution in [0.15, 0.2) is 82.8 Å². The van der Waals surface area contributed by atoms with Crippen LogP contribution in [0.4, 0.5) is 5.69 Å². The lowest BCUT2D eigenvalue weighted by molar-refractivity contribution is -0.116. The van der Waals surface area contributed by atoms with Gasteiger partial charge in [-0.3, -0.25) is 9.36 Å². The van der Waals surface area contributed by atoms with Gasteiger partial charge in [-0.1, -0.05) is 35.5 Å². The van der Waals surface area contributed by atoms with Crippen LogP contribution in [-0.4, -0.2) is 34.8 Å². The minimum atomic E-state index is -1.20. The molecule has 0 saturated carbocycles. The van der Waals surface area contributed by atoms with Gasteiger partial charge in [0.15, 0.2) is 6.04 Å². The third-order valence-electron chi connectivity index (χ3n) is 5.64. The van der Waals surface area contributed by atoms with E-state index in [-0.39, 0.29) is 5.69 Å². The van der Waals surface area contributed by atoms with Gasteiger partial charge in [-0.2, -0.15) is 0 Å². The molecule has 1 amide bonds. The first kappa shape index (κ1) is 24.3. The Bertz CT molecular complexity index is 1440. The van der Waals surface area contributed by atoms with Crippen LogP contribution in [0.2, 0.25) is 0 Å². The van der Waals surface area contributed by atoms with E-state index in [0.29, 0.717) is 22.7 Å². The second-order valence-corrected chi connectivity index (χ2v) is 7.90. The summed E-state index contributed by atoms with van der Waals surface area (Å²) in [7, 11) is 3.10. The van der Waals surface area contributed by atoms with E-state index in [1.807, 2.05) is 30.3 Å². The summed E-state index contributed by atoms with van der Waals surface area (Å²) in [4.78, 5) is 39.3. The molecule has 0 aliphatic rings. The summed E-state index contributed by atoms with van der Waals surface area (Å²) in [6.45, 7) is -0.470. The van der Waals surface area contributed by atoms with Crippen molar-refractivity contribution in [2.45, 2.75) is 12.6 Å². The van der Waals surface area contributed by atoms with E-state index in [2.05, 4.69) is 15.5 Å². The van der Waals surface area contributed by atoms with Gasteiger partial charge in [0.2, 0.25) is 11.8 Å². The average Bonchev–Trinajstić information content (AvgIpc) is 3.18. The largest absolute Gasteiger partial charge is 0.497 e. The number of imidazole rings is 1. The van der Waals surface area contributed by atoms with Gasteiger partial charge in [-0.15, -0.1) is 4.91 Å². The monoisotopic (exact) mass is 488 g/mol. The van der Waals surface area contributed by atoms with Gasteiger partial charge in [-0.25, -0.2) is 4.79 Å². The van der Waals surface area contributed by atoms with E-state index in [0.717, 1.165) is 15.7 Å². The number of methoxy groups -OCH3 is 2. The van der Waals surface area contributed by atoms with Crippen molar-refractivity contribution >= 4 is 11.6 Å². The highest BCUT2D eigenvalue weighted by atomic mass is 16.5. The van der Waals surface area contributed by atoms with Crippen LogP contribution in [0.1, 0.15) is 17.3 Å². The zero-order chi connectivity index (χ0) is 25.7. The van der Waals surface area contributed by atoms with Gasteiger partial charge in [-0.05, 0) is 59.2 Å². The Morgan fingerprint density at radius 1 is 1.00 bits per heavy atom. The van der Waals surface area contributed by atoms with Gasteiger partial charge in [0, 0.05) is 5.69 Å². The zero-order valence-corrected chi connectivity index (χ0v) is 19.6. The lowest BCUT2D eigenvalue weighted by atomic mass is 9.98. The van der Waals surface area contributed by atoms with Crippen molar-refractivity contribution in [2.75, 3.05) is 19.5 Å². The van der Waals surface area contributed by atoms with E-state index in [4.69, 9.17) is 9.47 Å². The zero-order valence-electron chi connectivity index (χ0n) is 19.6. The molecule has 184 valence electrons. The Morgan fingerprint density at radius 2 is 1.67 bits per heavy atom. The maximum Gasteiger partial charge on any atom is 0.329 e. The molecule has 1 atom stereocenters. The Balaban J connectivity index is 1.58. The first-order chi connectivity index (χ1) is 17.4. The first-order valence-electron chi connectivity index (χ1n) is 11.0. The molecule has 0 radical (unpaired) electrons. The number of aromatic amines is 1. The molecule has 1 heterocycles. The number of carbonyl (C=O) groups excluding carboxylic acids is 1. The lowest BCUT2D eigenvalue weighted by Gasteiger charge is -2.11. The minimum absolute atomic E-state index is 0.102. The quantitative estimate of drug-likeness (QED) is 0.304. The van der Waals surface area contributed by atoms with Crippen LogP contribution in [0.25, 0.3) is 11.1 Å². The predicted octanol–water partition coefficient (Wildman–Crippen LogP) is 4.06. The average molecular weight is 489 g/mol. The third-order valence-corrected chi connectivity index (χ3v) is 5.64. The molecule has 0 aliphatic heterocycles. The normalized spacial score (nSPS) is 11.5. The maximum absolute atomic E-state index is 12.5. The number of nitroso groups, excluding NO2 is 1. The molecule has 4 aromatic rings. The second-order valence-electron chi connectivity index (χ2n) is 7.90. The summed E-state index contributed by atoms with van der Waals surface area (Å²) in [5, 5.41) is 16.5. The molecular formula is C26H24N4O6. The SMILES string of the molecule is COc1ccc(NC(=O)Cn2c(O)c(C(N=O)c3cccc(-c4cccc(OC)c4)c3)[nH]c2=O)cc1. The number of aromatic nitrogens is 2. The van der Waals surface area contributed by atoms with Crippen molar-refractivity contribution in [3.05, 3.63) is 99.4 Å². The number of amides is 1. The number of aromatic hydroxyl groups is 1. The maximum atomic E-state index is 12.5. The number of hydrogen-bond acceptors (Lipinski definition) is 7. The molecule has 10 nitrogen and oxygen atoms in total. The number of H-pyrrole nitrogens is 1. The second kappa shape index (κ2) is 10.6. The standard InChI is InChI=1S/C26H24N4O6/c1-35-20-11-9-19(10-12-20)27-22(31)15-30-25(32)24(28-26(30)33)23(29-34)18-7-3-5-16(13-18)17-6-4-8-21(14-17)36-2/h3-14,23,32H,15H2,1-2H3,(H,27,31)(H,28,33). The number of hydrogen-bond donors (Lipinski definition) is 3. The van der Waals surface area contributed by atoms with Crippen molar-refractivity contribution in [2.24, 2.45) is 5.18 Å². The van der Waals surface area contributed by atoms with Crippen molar-refractivity contribution in [3.8, 4) is 28.5 Å². The van der Waals surface area contributed by atoms with E-state index in [9.17, 15) is 19.6 Å². The Labute approximate surface area is 206 Å². The minimum Gasteiger partial charge on any atom is -0.497 e. The third kappa shape index (κ3) is 5.12. The fourth-order valence-corrected chi connectivity index (χ4v) is 3.81. The summed E-state index contributed by atoms with van der Waals surface area (Å²) in [6, 6.07) is 19.8. The fourth-order valence-electron chi connectivity index (χ4n) is 3.81. The molecular weight excluding hydrogens is 464 g/mol. The van der Waals surface area contributed by atoms with Gasteiger partial charge in [0.25, 0.3) is 0 Å². The number of carbonyl (C=O) groups is 1. The van der Waals surface area contributed by atoms with E-state index in [1.165, 1.54) is 7.11 Å². The van der Waals surface area contributed by atoms with Crippen LogP contribution >= 0.6 is 0 Å². The number of ether oxygens (including phenoxy) is 2. The number of anilines is 1. The number of nitrogens with zero attached hydrogens (tertiary/aromatic N) is 2. The van der Waals surface area contributed by atoms with Crippen molar-refractivity contribution in [1.29, 1.82) is 0 Å². The molecule has 0 aliphatic carbocycles. The van der Waals surface area contributed by atoms with Gasteiger partial charge >= 0.3 is 5.69 Å². The number of nitrogens with one attached hydrogen (secondary N) is 2. The van der Waals surface area contributed by atoms with Crippen LogP contribution in [0.5, 0.6) is 17.4 Å².